The second kappa shape index (κ2) is 13.3. The Balaban J connectivity index is 1.85. The number of aromatic nitrogens is 2. The lowest BCUT2D eigenvalue weighted by molar-refractivity contribution is -0.153. The maximum absolute atomic E-state index is 13.7. The summed E-state index contributed by atoms with van der Waals surface area (Å²) in [6, 6.07) is 7.13. The lowest BCUT2D eigenvalue weighted by Crippen LogP contribution is -2.53. The summed E-state index contributed by atoms with van der Waals surface area (Å²) in [7, 11) is 0.439. The van der Waals surface area contributed by atoms with Crippen molar-refractivity contribution >= 4 is 30.7 Å². The molecule has 1 saturated heterocycles. The van der Waals surface area contributed by atoms with Crippen molar-refractivity contribution in [3.05, 3.63) is 60.2 Å². The third-order valence-electron chi connectivity index (χ3n) is 6.76. The van der Waals surface area contributed by atoms with Gasteiger partial charge in [-0.15, -0.1) is 0 Å². The Bertz CT molecular complexity index is 1090. The maximum Gasteiger partial charge on any atom is 0.602 e. The molecule has 0 saturated carbocycles. The van der Waals surface area contributed by atoms with Crippen LogP contribution in [0.15, 0.2) is 48.9 Å². The van der Waals surface area contributed by atoms with Crippen LogP contribution < -0.4 is 5.32 Å². The summed E-state index contributed by atoms with van der Waals surface area (Å²) in [5.41, 5.74) is 0.951. The highest BCUT2D eigenvalue weighted by Gasteiger charge is 2.45. The van der Waals surface area contributed by atoms with Gasteiger partial charge in [0.1, 0.15) is 17.8 Å². The van der Waals surface area contributed by atoms with E-state index in [0.717, 1.165) is 5.56 Å². The minimum atomic E-state index is -1.21. The molecule has 4 atom stereocenters. The second-order valence-electron chi connectivity index (χ2n) is 10.1. The van der Waals surface area contributed by atoms with Crippen molar-refractivity contribution in [1.29, 1.82) is 0 Å². The molecule has 1 aliphatic heterocycles. The minimum absolute atomic E-state index is 0.0692. The van der Waals surface area contributed by atoms with Gasteiger partial charge in [-0.05, 0) is 45.2 Å². The van der Waals surface area contributed by atoms with E-state index in [1.807, 2.05) is 44.2 Å². The van der Waals surface area contributed by atoms with Crippen molar-refractivity contribution in [1.82, 2.24) is 20.2 Å². The number of rotatable bonds is 10. The fourth-order valence-corrected chi connectivity index (χ4v) is 4.35. The van der Waals surface area contributed by atoms with Crippen LogP contribution in [0.3, 0.4) is 0 Å². The molecule has 11 heteroatoms. The normalized spacial score (nSPS) is 20.1. The second-order valence-corrected chi connectivity index (χ2v) is 10.1. The summed E-state index contributed by atoms with van der Waals surface area (Å²) in [6.45, 7) is 7.27. The Morgan fingerprint density at radius 1 is 1.05 bits per heavy atom. The Hall–Kier alpha value is -3.60. The Labute approximate surface area is 223 Å². The van der Waals surface area contributed by atoms with Crippen molar-refractivity contribution in [2.45, 2.75) is 70.9 Å². The number of nitrogens with one attached hydrogen (secondary N) is 1. The molecule has 2 heterocycles. The van der Waals surface area contributed by atoms with Gasteiger partial charge in [-0.2, -0.15) is 0 Å². The van der Waals surface area contributed by atoms with Gasteiger partial charge in [-0.1, -0.05) is 44.2 Å². The average molecular weight is 522 g/mol. The van der Waals surface area contributed by atoms with Crippen LogP contribution in [0.2, 0.25) is 5.82 Å². The standard InChI is InChI=1S/C27H35BN4O6/c1-17(2)13-21(28-37-26(35)18(3)32(5)19(4)27(36)38-28)15-24(33)22(14-20-9-7-6-8-10-20)31-25(34)23-16-29-11-12-30-23/h6-12,16-19,21-22H,13-15H2,1-5H3,(H,31,34)/t18-,19-,21+,22-/m0/s1. The molecule has 2 aromatic rings. The zero-order valence-electron chi connectivity index (χ0n) is 22.5. The molecule has 0 aliphatic carbocycles. The van der Waals surface area contributed by atoms with Crippen LogP contribution in [0.1, 0.15) is 56.6 Å². The quantitative estimate of drug-likeness (QED) is 0.468. The van der Waals surface area contributed by atoms with Crippen LogP contribution in [-0.4, -0.2) is 70.8 Å². The van der Waals surface area contributed by atoms with Crippen molar-refractivity contribution in [2.75, 3.05) is 7.05 Å². The fourth-order valence-electron chi connectivity index (χ4n) is 4.35. The highest BCUT2D eigenvalue weighted by atomic mass is 16.6. The smallest absolute Gasteiger partial charge is 0.498 e. The Kier molecular flexibility index (Phi) is 10.1. The molecule has 1 amide bonds. The largest absolute Gasteiger partial charge is 0.602 e. The van der Waals surface area contributed by atoms with Crippen LogP contribution in [0.4, 0.5) is 0 Å². The van der Waals surface area contributed by atoms with E-state index in [1.54, 1.807) is 25.8 Å². The van der Waals surface area contributed by atoms with Gasteiger partial charge >= 0.3 is 19.1 Å². The summed E-state index contributed by atoms with van der Waals surface area (Å²) < 4.78 is 11.2. The number of ketones is 1. The number of carbonyl (C=O) groups is 4. The van der Waals surface area contributed by atoms with Crippen molar-refractivity contribution in [3.8, 4) is 0 Å². The zero-order chi connectivity index (χ0) is 27.8. The molecular weight excluding hydrogens is 487 g/mol. The van der Waals surface area contributed by atoms with Crippen molar-refractivity contribution in [2.24, 2.45) is 5.92 Å². The first-order valence-corrected chi connectivity index (χ1v) is 12.8. The predicted molar refractivity (Wildman–Crippen MR) is 141 cm³/mol. The zero-order valence-corrected chi connectivity index (χ0v) is 22.5. The number of Topliss-reactive ketones (excluding diaryl/α,β-unsaturated/α-hetero) is 1. The summed E-state index contributed by atoms with van der Waals surface area (Å²) in [5.74, 6) is -2.34. The summed E-state index contributed by atoms with van der Waals surface area (Å²) in [5, 5.41) is 2.79. The molecule has 10 nitrogen and oxygen atoms in total. The van der Waals surface area contributed by atoms with Gasteiger partial charge in [0.25, 0.3) is 5.91 Å². The van der Waals surface area contributed by atoms with Crippen molar-refractivity contribution in [3.63, 3.8) is 0 Å². The number of carbonyl (C=O) groups excluding carboxylic acids is 4. The van der Waals surface area contributed by atoms with Gasteiger partial charge in [-0.3, -0.25) is 29.1 Å². The molecule has 0 spiro atoms. The number of hydrogen-bond acceptors (Lipinski definition) is 9. The van der Waals surface area contributed by atoms with E-state index in [9.17, 15) is 19.2 Å². The van der Waals surface area contributed by atoms with Gasteiger partial charge in [-0.25, -0.2) is 4.98 Å². The first-order valence-electron chi connectivity index (χ1n) is 12.8. The van der Waals surface area contributed by atoms with Gasteiger partial charge in [0.05, 0.1) is 12.2 Å². The molecule has 1 aliphatic rings. The SMILES string of the molecule is CC(C)C[C@H](CC(=O)[C@H](Cc1ccccc1)NC(=O)c1cnccn1)B1OC(=O)[C@H](C)N(C)[C@@H](C)C(=O)O1. The number of hydrogen-bond donors (Lipinski definition) is 1. The molecule has 202 valence electrons. The van der Waals surface area contributed by atoms with E-state index in [2.05, 4.69) is 15.3 Å². The van der Waals surface area contributed by atoms with Gasteiger partial charge < -0.3 is 14.6 Å². The number of nitrogens with zero attached hydrogens (tertiary/aromatic N) is 3. The van der Waals surface area contributed by atoms with E-state index in [-0.39, 0.29) is 30.2 Å². The molecule has 3 rings (SSSR count). The molecule has 1 aromatic heterocycles. The molecule has 1 fully saturated rings. The predicted octanol–water partition coefficient (Wildman–Crippen LogP) is 2.49. The first-order chi connectivity index (χ1) is 18.1. The lowest BCUT2D eigenvalue weighted by atomic mass is 9.64. The van der Waals surface area contributed by atoms with Gasteiger partial charge in [0.2, 0.25) is 0 Å². The van der Waals surface area contributed by atoms with Crippen molar-refractivity contribution < 1.29 is 28.5 Å². The number of amides is 1. The topological polar surface area (TPSA) is 128 Å². The van der Waals surface area contributed by atoms with Crippen LogP contribution in [0.5, 0.6) is 0 Å². The molecular formula is C27H35BN4O6. The summed E-state index contributed by atoms with van der Waals surface area (Å²) >= 11 is 0. The third-order valence-corrected chi connectivity index (χ3v) is 6.76. The summed E-state index contributed by atoms with van der Waals surface area (Å²) in [6.07, 6.45) is 4.83. The average Bonchev–Trinajstić information content (AvgIpc) is 2.90. The highest BCUT2D eigenvalue weighted by Crippen LogP contribution is 2.29. The first kappa shape index (κ1) is 29.0. The Morgan fingerprint density at radius 2 is 1.68 bits per heavy atom. The molecule has 0 radical (unpaired) electrons. The van der Waals surface area contributed by atoms with Crippen LogP contribution in [0.25, 0.3) is 0 Å². The van der Waals surface area contributed by atoms with Crippen LogP contribution in [0, 0.1) is 5.92 Å². The lowest BCUT2D eigenvalue weighted by Gasteiger charge is -2.34. The number of likely N-dealkylation sites (N-methyl/N-ethyl adjacent to an activating group) is 1. The number of benzene rings is 1. The third kappa shape index (κ3) is 7.70. The Morgan fingerprint density at radius 3 is 2.24 bits per heavy atom. The molecule has 0 unspecified atom stereocenters. The van der Waals surface area contributed by atoms with E-state index >= 15 is 0 Å². The highest BCUT2D eigenvalue weighted by molar-refractivity contribution is 6.51. The summed E-state index contributed by atoms with van der Waals surface area (Å²) in [4.78, 5) is 61.7. The van der Waals surface area contributed by atoms with E-state index in [0.29, 0.717) is 6.42 Å². The van der Waals surface area contributed by atoms with Crippen LogP contribution >= 0.6 is 0 Å². The monoisotopic (exact) mass is 522 g/mol. The van der Waals surface area contributed by atoms with Gasteiger partial charge in [0.15, 0.2) is 5.78 Å². The minimum Gasteiger partial charge on any atom is -0.498 e. The molecule has 1 N–H and O–H groups in total. The molecule has 0 bridgehead atoms. The fraction of sp³-hybridized carbons (Fsp3) is 0.481. The maximum atomic E-state index is 13.7. The van der Waals surface area contributed by atoms with E-state index < -0.39 is 48.9 Å². The van der Waals surface area contributed by atoms with Crippen LogP contribution in [-0.2, 0) is 30.1 Å². The van der Waals surface area contributed by atoms with E-state index in [1.165, 1.54) is 18.6 Å². The molecule has 1 aromatic carbocycles. The van der Waals surface area contributed by atoms with Gasteiger partial charge in [0, 0.05) is 24.6 Å². The molecule has 38 heavy (non-hydrogen) atoms. The van der Waals surface area contributed by atoms with E-state index in [4.69, 9.17) is 9.31 Å².